The first-order valence-corrected chi connectivity index (χ1v) is 31.7. The molecular formula is C85H53BrN4O2. The Labute approximate surface area is 534 Å². The van der Waals surface area contributed by atoms with Gasteiger partial charge in [-0.1, -0.05) is 205 Å². The van der Waals surface area contributed by atoms with Gasteiger partial charge < -0.3 is 27.2 Å². The molecule has 0 radical (unpaired) electrons. The summed E-state index contributed by atoms with van der Waals surface area (Å²) in [6.45, 7) is 0. The van der Waals surface area contributed by atoms with E-state index in [0.717, 1.165) is 43.3 Å². The summed E-state index contributed by atoms with van der Waals surface area (Å²) in [6.07, 6.45) is 0. The normalized spacial score (nSPS) is 12.1. The van der Waals surface area contributed by atoms with Crippen molar-refractivity contribution in [3.8, 4) is 27.9 Å². The quantitative estimate of drug-likeness (QED) is 0.192. The van der Waals surface area contributed by atoms with Gasteiger partial charge in [-0.25, -0.2) is 0 Å². The Balaban J connectivity index is 0.000000111. The van der Waals surface area contributed by atoms with Gasteiger partial charge in [0.25, 0.3) is 0 Å². The summed E-state index contributed by atoms with van der Waals surface area (Å²) in [4.78, 5) is 3.54. The molecule has 92 heavy (non-hydrogen) atoms. The van der Waals surface area contributed by atoms with E-state index >= 15 is 0 Å². The second-order valence-corrected chi connectivity index (χ2v) is 25.0. The summed E-state index contributed by atoms with van der Waals surface area (Å²) in [6, 6.07) is 105. The van der Waals surface area contributed by atoms with Crippen LogP contribution >= 0.6 is 15.9 Å². The van der Waals surface area contributed by atoms with Crippen LogP contribution in [0, 0.1) is 0 Å². The van der Waals surface area contributed by atoms with E-state index in [-0.39, 0.29) is 7.43 Å². The van der Waals surface area contributed by atoms with Crippen LogP contribution in [0.15, 0.2) is 304 Å². The first-order chi connectivity index (χ1) is 45.0. The fourth-order valence-corrected chi connectivity index (χ4v) is 15.6. The van der Waals surface area contributed by atoms with Crippen LogP contribution in [0.3, 0.4) is 0 Å². The third kappa shape index (κ3) is 7.60. The summed E-state index contributed by atoms with van der Waals surface area (Å²) in [5, 5.41) is 20.2. The van der Waals surface area contributed by atoms with Gasteiger partial charge in [0, 0.05) is 113 Å². The van der Waals surface area contributed by atoms with Gasteiger partial charge in [-0.15, -0.1) is 0 Å². The number of H-pyrrole nitrogens is 1. The molecule has 0 fully saturated rings. The van der Waals surface area contributed by atoms with Gasteiger partial charge in [-0.3, -0.25) is 0 Å². The molecule has 8 aromatic heterocycles. The minimum Gasteiger partial charge on any atom is -0.456 e. The van der Waals surface area contributed by atoms with Crippen molar-refractivity contribution in [3.63, 3.8) is 0 Å². The van der Waals surface area contributed by atoms with Crippen molar-refractivity contribution < 1.29 is 8.83 Å². The van der Waals surface area contributed by atoms with Crippen molar-refractivity contribution in [2.24, 2.45) is 0 Å². The van der Waals surface area contributed by atoms with Crippen molar-refractivity contribution in [2.45, 2.75) is 7.43 Å². The topological polar surface area (TPSA) is 55.8 Å². The molecule has 22 aromatic rings. The highest BCUT2D eigenvalue weighted by atomic mass is 79.9. The smallest absolute Gasteiger partial charge is 0.137 e. The summed E-state index contributed by atoms with van der Waals surface area (Å²) >= 11 is 3.43. The van der Waals surface area contributed by atoms with Gasteiger partial charge in [0.1, 0.15) is 22.3 Å². The summed E-state index contributed by atoms with van der Waals surface area (Å²) in [5.41, 5.74) is 22.1. The van der Waals surface area contributed by atoms with Crippen LogP contribution in [0.5, 0.6) is 0 Å². The molecular weight excluding hydrogens is 1190 g/mol. The molecule has 432 valence electrons. The number of aromatic nitrogens is 4. The number of nitrogens with zero attached hydrogens (tertiary/aromatic N) is 3. The van der Waals surface area contributed by atoms with Crippen molar-refractivity contribution in [1.82, 2.24) is 18.4 Å². The Morgan fingerprint density at radius 2 is 0.641 bits per heavy atom. The zero-order chi connectivity index (χ0) is 59.6. The predicted octanol–water partition coefficient (Wildman–Crippen LogP) is 24.6. The molecule has 14 aromatic carbocycles. The van der Waals surface area contributed by atoms with Gasteiger partial charge in [-0.2, -0.15) is 0 Å². The highest BCUT2D eigenvalue weighted by Crippen LogP contribution is 2.44. The molecule has 0 amide bonds. The van der Waals surface area contributed by atoms with E-state index in [1.807, 2.05) is 42.5 Å². The minimum atomic E-state index is 0. The van der Waals surface area contributed by atoms with Crippen LogP contribution < -0.4 is 0 Å². The van der Waals surface area contributed by atoms with E-state index in [2.05, 4.69) is 283 Å². The molecule has 0 saturated heterocycles. The molecule has 1 N–H and O–H groups in total. The Kier molecular flexibility index (Phi) is 11.3. The van der Waals surface area contributed by atoms with Crippen LogP contribution in [-0.2, 0) is 0 Å². The van der Waals surface area contributed by atoms with Gasteiger partial charge in [-0.05, 0) is 125 Å². The lowest BCUT2D eigenvalue weighted by atomic mass is 10.0. The second-order valence-electron chi connectivity index (χ2n) is 24.1. The second kappa shape index (κ2) is 19.9. The van der Waals surface area contributed by atoms with Crippen molar-refractivity contribution in [3.05, 3.63) is 296 Å². The molecule has 0 unspecified atom stereocenters. The first kappa shape index (κ1) is 52.3. The maximum absolute atomic E-state index is 6.28. The average molecular weight is 1240 g/mol. The van der Waals surface area contributed by atoms with Crippen molar-refractivity contribution >= 4 is 180 Å². The Morgan fingerprint density at radius 3 is 1.24 bits per heavy atom. The lowest BCUT2D eigenvalue weighted by Gasteiger charge is -2.09. The molecule has 0 atom stereocenters. The molecule has 6 nitrogen and oxygen atoms in total. The highest BCUT2D eigenvalue weighted by molar-refractivity contribution is 9.10. The number of benzene rings is 14. The molecule has 0 aliphatic heterocycles. The van der Waals surface area contributed by atoms with E-state index in [1.54, 1.807) is 0 Å². The number of furan rings is 2. The number of halogens is 1. The number of hydrogen-bond donors (Lipinski definition) is 1. The molecule has 0 saturated carbocycles. The van der Waals surface area contributed by atoms with Gasteiger partial charge in [0.15, 0.2) is 0 Å². The Bertz CT molecular complexity index is 6750. The largest absolute Gasteiger partial charge is 0.456 e. The summed E-state index contributed by atoms with van der Waals surface area (Å²) in [5.74, 6) is 0. The lowest BCUT2D eigenvalue weighted by molar-refractivity contribution is 0.668. The lowest BCUT2D eigenvalue weighted by Crippen LogP contribution is -1.93. The number of rotatable bonds is 3. The fourth-order valence-electron chi connectivity index (χ4n) is 15.2. The van der Waals surface area contributed by atoms with E-state index in [0.29, 0.717) is 0 Å². The van der Waals surface area contributed by atoms with Crippen molar-refractivity contribution in [1.29, 1.82) is 0 Å². The average Bonchev–Trinajstić information content (AvgIpc) is 1.56. The van der Waals surface area contributed by atoms with Gasteiger partial charge >= 0.3 is 0 Å². The van der Waals surface area contributed by atoms with Crippen LogP contribution in [0.4, 0.5) is 0 Å². The number of nitrogens with one attached hydrogen (secondary N) is 1. The van der Waals surface area contributed by atoms with E-state index in [4.69, 9.17) is 8.83 Å². The maximum Gasteiger partial charge on any atom is 0.137 e. The third-order valence-corrected chi connectivity index (χ3v) is 19.7. The van der Waals surface area contributed by atoms with E-state index in [9.17, 15) is 0 Å². The Morgan fingerprint density at radius 1 is 0.250 bits per heavy atom. The molecule has 8 heterocycles. The number of fused-ring (bicyclic) bond motifs is 24. The van der Waals surface area contributed by atoms with Crippen LogP contribution in [0.25, 0.3) is 192 Å². The number of hydrogen-bond acceptors (Lipinski definition) is 2. The number of para-hydroxylation sites is 8. The standard InChI is InChI=1S/C42H24N2O.C30H18N2.C12H7BrO.CH4/c1-5-14-37-28(8-1)33-11-7-12-34-30-19-16-26(23-39(30)44(37)42(33)34)25-17-21-38-35(22-25)29-9-2-4-13-36(29)43(38)27-18-20-32-31-10-3-6-15-40(31)45-41(32)24-27;1-3-10-26-20(6-1)25-16-18(13-15-27(25)31-26)19-12-14-22-24-9-5-8-23-21-7-2-4-11-28(21)32(30(23)24)29(22)17-19;13-8-5-6-10-9-3-1-2-4-11(9)14-12(10)7-8;/h1-24H;1-17,31H;1-7H;1H4. The van der Waals surface area contributed by atoms with E-state index in [1.165, 1.54) is 153 Å². The predicted molar refractivity (Wildman–Crippen MR) is 392 cm³/mol. The minimum absolute atomic E-state index is 0. The third-order valence-electron chi connectivity index (χ3n) is 19.3. The zero-order valence-corrected chi connectivity index (χ0v) is 50.3. The molecule has 0 aliphatic rings. The van der Waals surface area contributed by atoms with Gasteiger partial charge in [0.2, 0.25) is 0 Å². The van der Waals surface area contributed by atoms with Crippen LogP contribution in [0.2, 0.25) is 0 Å². The zero-order valence-electron chi connectivity index (χ0n) is 48.7. The molecule has 0 bridgehead atoms. The fraction of sp³-hybridized carbons (Fsp3) is 0.0118. The molecule has 0 aliphatic carbocycles. The monoisotopic (exact) mass is 1240 g/mol. The van der Waals surface area contributed by atoms with E-state index < -0.39 is 0 Å². The van der Waals surface area contributed by atoms with Crippen molar-refractivity contribution in [2.75, 3.05) is 0 Å². The molecule has 7 heteroatoms. The van der Waals surface area contributed by atoms with Gasteiger partial charge in [0.05, 0.1) is 44.1 Å². The SMILES string of the molecule is Brc1ccc2c(c1)oc1ccccc12.C.c1ccc2c(c1)[nH]c1ccc(-c3ccc4c5cccc6c7ccccc7n(c4c3)c65)cc12.c1ccc2c(c1)oc1cc(-n3c4ccccc4c4cc(-c5ccc6c7cccc8c9ccccc9n(c6c5)c87)ccc43)ccc12. The van der Waals surface area contributed by atoms with Crippen LogP contribution in [-0.4, -0.2) is 18.4 Å². The molecule has 22 rings (SSSR count). The summed E-state index contributed by atoms with van der Waals surface area (Å²) < 4.78 is 20.3. The molecule has 0 spiro atoms. The maximum atomic E-state index is 6.28. The summed E-state index contributed by atoms with van der Waals surface area (Å²) in [7, 11) is 0. The Hall–Kier alpha value is -11.6. The first-order valence-electron chi connectivity index (χ1n) is 30.9. The number of aromatic amines is 1. The van der Waals surface area contributed by atoms with Crippen LogP contribution in [0.1, 0.15) is 7.43 Å². The highest BCUT2D eigenvalue weighted by Gasteiger charge is 2.21.